The number of nitrogens with two attached hydrogens (primary N) is 1. The Bertz CT molecular complexity index is 303. The van der Waals surface area contributed by atoms with Gasteiger partial charge in [0.15, 0.2) is 0 Å². The fourth-order valence-corrected chi connectivity index (χ4v) is 1.12. The third-order valence-electron chi connectivity index (χ3n) is 1.25. The van der Waals surface area contributed by atoms with Crippen molar-refractivity contribution in [2.45, 2.75) is 6.43 Å². The lowest BCUT2D eigenvalue weighted by atomic mass is 10.2. The summed E-state index contributed by atoms with van der Waals surface area (Å²) in [7, 11) is 0. The van der Waals surface area contributed by atoms with Crippen molar-refractivity contribution in [3.05, 3.63) is 22.2 Å². The Hall–Kier alpha value is -0.780. The number of rotatable bonds is 1. The fraction of sp³-hybridized carbons (Fsp3) is 0.167. The molecular weight excluding hydrogens is 237 g/mol. The van der Waals surface area contributed by atoms with Crippen LogP contribution in [0.15, 0.2) is 10.7 Å². The molecule has 1 rings (SSSR count). The van der Waals surface area contributed by atoms with Crippen LogP contribution in [-0.2, 0) is 0 Å². The molecule has 0 spiro atoms. The van der Waals surface area contributed by atoms with Crippen LogP contribution in [-0.4, -0.2) is 4.98 Å². The van der Waals surface area contributed by atoms with Crippen molar-refractivity contribution < 1.29 is 13.2 Å². The number of alkyl halides is 2. The van der Waals surface area contributed by atoms with Gasteiger partial charge in [-0.2, -0.15) is 4.39 Å². The van der Waals surface area contributed by atoms with Gasteiger partial charge in [0.05, 0.1) is 21.9 Å². The Morgan fingerprint density at radius 1 is 1.50 bits per heavy atom. The number of hydrogen-bond donors (Lipinski definition) is 1. The van der Waals surface area contributed by atoms with E-state index in [2.05, 4.69) is 20.9 Å². The molecule has 0 aliphatic rings. The highest BCUT2D eigenvalue weighted by Crippen LogP contribution is 2.32. The van der Waals surface area contributed by atoms with Gasteiger partial charge in [-0.05, 0) is 15.9 Å². The maximum absolute atomic E-state index is 12.6. The fourth-order valence-electron chi connectivity index (χ4n) is 0.684. The van der Waals surface area contributed by atoms with Gasteiger partial charge in [-0.1, -0.05) is 0 Å². The highest BCUT2D eigenvalue weighted by atomic mass is 79.9. The Kier molecular flexibility index (Phi) is 2.56. The largest absolute Gasteiger partial charge is 0.397 e. The van der Waals surface area contributed by atoms with Crippen LogP contribution in [0.3, 0.4) is 0 Å². The topological polar surface area (TPSA) is 38.9 Å². The molecule has 2 nitrogen and oxygen atoms in total. The lowest BCUT2D eigenvalue weighted by Crippen LogP contribution is -1.99. The first-order valence-electron chi connectivity index (χ1n) is 2.91. The van der Waals surface area contributed by atoms with Crippen molar-refractivity contribution >= 4 is 21.6 Å². The molecule has 66 valence electrons. The summed E-state index contributed by atoms with van der Waals surface area (Å²) in [5, 5.41) is 0. The molecule has 0 aliphatic heterocycles. The van der Waals surface area contributed by atoms with Gasteiger partial charge in [0.2, 0.25) is 5.95 Å². The summed E-state index contributed by atoms with van der Waals surface area (Å²) >= 11 is 2.75. The zero-order valence-electron chi connectivity index (χ0n) is 5.69. The summed E-state index contributed by atoms with van der Waals surface area (Å²) in [6, 6.07) is 0. The standard InChI is InChI=1S/C6H4BrF3N2/c7-4-2(11)1-12-6(10)3(4)5(8)9/h1,5H,11H2. The van der Waals surface area contributed by atoms with Gasteiger partial charge in [0.25, 0.3) is 6.43 Å². The second-order valence-corrected chi connectivity index (χ2v) is 2.83. The zero-order valence-corrected chi connectivity index (χ0v) is 7.28. The van der Waals surface area contributed by atoms with E-state index in [1.807, 2.05) is 0 Å². The van der Waals surface area contributed by atoms with E-state index in [-0.39, 0.29) is 10.2 Å². The molecule has 6 heteroatoms. The average Bonchev–Trinajstić information content (AvgIpc) is 1.97. The maximum atomic E-state index is 12.6. The van der Waals surface area contributed by atoms with Crippen molar-refractivity contribution in [2.75, 3.05) is 5.73 Å². The molecule has 1 heterocycles. The molecule has 0 radical (unpaired) electrons. The second-order valence-electron chi connectivity index (χ2n) is 2.03. The SMILES string of the molecule is Nc1cnc(F)c(C(F)F)c1Br. The first kappa shape index (κ1) is 9.31. The molecule has 0 aliphatic carbocycles. The van der Waals surface area contributed by atoms with E-state index >= 15 is 0 Å². The summed E-state index contributed by atoms with van der Waals surface area (Å²) < 4.78 is 36.7. The van der Waals surface area contributed by atoms with Crippen LogP contribution < -0.4 is 5.73 Å². The van der Waals surface area contributed by atoms with Gasteiger partial charge in [0, 0.05) is 0 Å². The number of nitrogens with zero attached hydrogens (tertiary/aromatic N) is 1. The predicted molar refractivity (Wildman–Crippen MR) is 41.3 cm³/mol. The van der Waals surface area contributed by atoms with Crippen LogP contribution in [0, 0.1) is 5.95 Å². The smallest absolute Gasteiger partial charge is 0.269 e. The number of halogens is 4. The highest BCUT2D eigenvalue weighted by molar-refractivity contribution is 9.10. The highest BCUT2D eigenvalue weighted by Gasteiger charge is 2.19. The lowest BCUT2D eigenvalue weighted by Gasteiger charge is -2.05. The normalized spacial score (nSPS) is 10.8. The number of pyridine rings is 1. The summed E-state index contributed by atoms with van der Waals surface area (Å²) in [6.07, 6.45) is -1.94. The van der Waals surface area contributed by atoms with Crippen LogP contribution >= 0.6 is 15.9 Å². The molecule has 0 bridgehead atoms. The molecule has 0 saturated heterocycles. The van der Waals surface area contributed by atoms with Gasteiger partial charge in [-0.25, -0.2) is 13.8 Å². The molecule has 12 heavy (non-hydrogen) atoms. The Morgan fingerprint density at radius 3 is 2.50 bits per heavy atom. The van der Waals surface area contributed by atoms with E-state index in [0.29, 0.717) is 0 Å². The van der Waals surface area contributed by atoms with E-state index in [1.54, 1.807) is 0 Å². The molecule has 0 unspecified atom stereocenters. The van der Waals surface area contributed by atoms with E-state index in [0.717, 1.165) is 6.20 Å². The number of anilines is 1. The van der Waals surface area contributed by atoms with Gasteiger partial charge in [-0.15, -0.1) is 0 Å². The lowest BCUT2D eigenvalue weighted by molar-refractivity contribution is 0.144. The molecule has 0 saturated carbocycles. The third-order valence-corrected chi connectivity index (χ3v) is 2.13. The van der Waals surface area contributed by atoms with Crippen LogP contribution in [0.25, 0.3) is 0 Å². The van der Waals surface area contributed by atoms with Gasteiger partial charge < -0.3 is 5.73 Å². The molecule has 0 amide bonds. The van der Waals surface area contributed by atoms with Crippen molar-refractivity contribution in [1.82, 2.24) is 4.98 Å². The molecule has 0 atom stereocenters. The van der Waals surface area contributed by atoms with Crippen molar-refractivity contribution in [1.29, 1.82) is 0 Å². The third kappa shape index (κ3) is 1.52. The zero-order chi connectivity index (χ0) is 9.30. The second kappa shape index (κ2) is 3.30. The average molecular weight is 241 g/mol. The minimum atomic E-state index is -2.92. The first-order valence-corrected chi connectivity index (χ1v) is 3.71. The first-order chi connectivity index (χ1) is 5.54. The number of nitrogen functional groups attached to an aromatic ring is 1. The summed E-state index contributed by atoms with van der Waals surface area (Å²) in [5.74, 6) is -1.20. The van der Waals surface area contributed by atoms with Crippen LogP contribution in [0.2, 0.25) is 0 Å². The Morgan fingerprint density at radius 2 is 2.08 bits per heavy atom. The van der Waals surface area contributed by atoms with Gasteiger partial charge >= 0.3 is 0 Å². The van der Waals surface area contributed by atoms with E-state index < -0.39 is 17.9 Å². The molecule has 1 aromatic heterocycles. The van der Waals surface area contributed by atoms with Crippen LogP contribution in [0.5, 0.6) is 0 Å². The maximum Gasteiger partial charge on any atom is 0.269 e. The molecule has 2 N–H and O–H groups in total. The van der Waals surface area contributed by atoms with Gasteiger partial charge in [0.1, 0.15) is 0 Å². The molecule has 0 fully saturated rings. The quantitative estimate of drug-likeness (QED) is 0.767. The minimum absolute atomic E-state index is 0.00769. The number of aromatic nitrogens is 1. The van der Waals surface area contributed by atoms with Crippen molar-refractivity contribution in [2.24, 2.45) is 0 Å². The Labute approximate surface area is 74.7 Å². The van der Waals surface area contributed by atoms with Crippen molar-refractivity contribution in [3.8, 4) is 0 Å². The van der Waals surface area contributed by atoms with Gasteiger partial charge in [-0.3, -0.25) is 0 Å². The van der Waals surface area contributed by atoms with Crippen LogP contribution in [0.4, 0.5) is 18.9 Å². The molecule has 0 aromatic carbocycles. The minimum Gasteiger partial charge on any atom is -0.397 e. The summed E-state index contributed by atoms with van der Waals surface area (Å²) in [5.41, 5.74) is 4.41. The van der Waals surface area contributed by atoms with Crippen molar-refractivity contribution in [3.63, 3.8) is 0 Å². The molecule has 1 aromatic rings. The number of hydrogen-bond acceptors (Lipinski definition) is 2. The van der Waals surface area contributed by atoms with Crippen LogP contribution in [0.1, 0.15) is 12.0 Å². The van der Waals surface area contributed by atoms with E-state index in [4.69, 9.17) is 5.73 Å². The monoisotopic (exact) mass is 240 g/mol. The predicted octanol–water partition coefficient (Wildman–Crippen LogP) is 2.50. The summed E-state index contributed by atoms with van der Waals surface area (Å²) in [6.45, 7) is 0. The van der Waals surface area contributed by atoms with E-state index in [9.17, 15) is 13.2 Å². The Balaban J connectivity index is 3.33. The van der Waals surface area contributed by atoms with E-state index in [1.165, 1.54) is 0 Å². The molecular formula is C6H4BrF3N2. The summed E-state index contributed by atoms with van der Waals surface area (Å²) in [4.78, 5) is 3.06.